The fourth-order valence-corrected chi connectivity index (χ4v) is 3.52. The molecule has 0 aromatic heterocycles. The van der Waals surface area contributed by atoms with Crippen LogP contribution in [0.4, 0.5) is 0 Å². The minimum absolute atomic E-state index is 0.0292. The van der Waals surface area contributed by atoms with Gasteiger partial charge < -0.3 is 10.1 Å². The maximum Gasteiger partial charge on any atom is 0.261 e. The molecule has 0 bridgehead atoms. The van der Waals surface area contributed by atoms with Crippen molar-refractivity contribution in [3.05, 3.63) is 105 Å². The van der Waals surface area contributed by atoms with E-state index in [-0.39, 0.29) is 12.2 Å². The summed E-state index contributed by atoms with van der Waals surface area (Å²) in [5.74, 6) is 0.189. The lowest BCUT2D eigenvalue weighted by Crippen LogP contribution is -2.26. The quantitative estimate of drug-likeness (QED) is 0.352. The number of nitrogens with zero attached hydrogens (tertiary/aromatic N) is 2. The number of nitriles is 2. The second-order valence-electron chi connectivity index (χ2n) is 6.91. The Labute approximate surface area is 195 Å². The molecule has 0 aliphatic carbocycles. The van der Waals surface area contributed by atoms with Crippen LogP contribution in [0.3, 0.4) is 0 Å². The molecule has 32 heavy (non-hydrogen) atoms. The van der Waals surface area contributed by atoms with Crippen LogP contribution >= 0.6 is 15.9 Å². The highest BCUT2D eigenvalue weighted by molar-refractivity contribution is 9.10. The molecular weight excluding hydrogens is 466 g/mol. The number of rotatable bonds is 8. The summed E-state index contributed by atoms with van der Waals surface area (Å²) in [6.45, 7) is 0.702. The van der Waals surface area contributed by atoms with E-state index in [9.17, 15) is 15.3 Å². The Morgan fingerprint density at radius 2 is 1.78 bits per heavy atom. The van der Waals surface area contributed by atoms with Crippen LogP contribution in [0.1, 0.15) is 22.3 Å². The zero-order valence-electron chi connectivity index (χ0n) is 17.2. The molecule has 0 atom stereocenters. The van der Waals surface area contributed by atoms with E-state index in [1.54, 1.807) is 24.3 Å². The summed E-state index contributed by atoms with van der Waals surface area (Å²) in [4.78, 5) is 12.4. The van der Waals surface area contributed by atoms with Gasteiger partial charge >= 0.3 is 0 Å². The first kappa shape index (κ1) is 22.8. The Balaban J connectivity index is 1.62. The molecule has 0 unspecified atom stereocenters. The molecule has 0 saturated carbocycles. The van der Waals surface area contributed by atoms with Crippen molar-refractivity contribution >= 4 is 27.9 Å². The predicted octanol–water partition coefficient (Wildman–Crippen LogP) is 5.17. The van der Waals surface area contributed by atoms with Crippen LogP contribution in [-0.4, -0.2) is 12.5 Å². The zero-order chi connectivity index (χ0) is 22.8. The van der Waals surface area contributed by atoms with Crippen molar-refractivity contribution in [1.29, 1.82) is 10.5 Å². The summed E-state index contributed by atoms with van der Waals surface area (Å²) < 4.78 is 6.51. The number of hydrogen-bond acceptors (Lipinski definition) is 4. The smallest absolute Gasteiger partial charge is 0.261 e. The highest BCUT2D eigenvalue weighted by atomic mass is 79.9. The molecule has 0 radical (unpaired) electrons. The largest absolute Gasteiger partial charge is 0.488 e. The Kier molecular flexibility index (Phi) is 8.20. The number of carbonyl (C=O) groups is 1. The van der Waals surface area contributed by atoms with Gasteiger partial charge in [0.1, 0.15) is 24.0 Å². The standard InChI is InChI=1S/C26H20BrN3O2/c27-24-15-20(10-11-25(24)32-18-22-9-5-4-8-21(22)16-28)14-23(17-29)26(31)30-13-12-19-6-2-1-3-7-19/h1-11,14-15H,12-13,18H2,(H,30,31)/b23-14+. The zero-order valence-corrected chi connectivity index (χ0v) is 18.8. The highest BCUT2D eigenvalue weighted by Gasteiger charge is 2.10. The lowest BCUT2D eigenvalue weighted by molar-refractivity contribution is -0.117. The van der Waals surface area contributed by atoms with Crippen molar-refractivity contribution in [1.82, 2.24) is 5.32 Å². The van der Waals surface area contributed by atoms with Gasteiger partial charge in [-0.1, -0.05) is 54.6 Å². The Hall–Kier alpha value is -3.87. The van der Waals surface area contributed by atoms with Gasteiger partial charge in [0.2, 0.25) is 0 Å². The van der Waals surface area contributed by atoms with Crippen molar-refractivity contribution < 1.29 is 9.53 Å². The first-order valence-corrected chi connectivity index (χ1v) is 10.7. The van der Waals surface area contributed by atoms with E-state index in [4.69, 9.17) is 4.74 Å². The topological polar surface area (TPSA) is 85.9 Å². The number of hydrogen-bond donors (Lipinski definition) is 1. The summed E-state index contributed by atoms with van der Waals surface area (Å²) in [5, 5.41) is 21.4. The molecule has 0 fully saturated rings. The fourth-order valence-electron chi connectivity index (χ4n) is 3.01. The molecule has 0 aliphatic heterocycles. The van der Waals surface area contributed by atoms with Gasteiger partial charge in [0, 0.05) is 12.1 Å². The van der Waals surface area contributed by atoms with E-state index in [0.29, 0.717) is 34.3 Å². The van der Waals surface area contributed by atoms with Gasteiger partial charge in [-0.3, -0.25) is 4.79 Å². The maximum absolute atomic E-state index is 12.4. The van der Waals surface area contributed by atoms with Crippen LogP contribution in [-0.2, 0) is 17.8 Å². The third-order valence-electron chi connectivity index (χ3n) is 4.70. The number of nitrogens with one attached hydrogen (secondary N) is 1. The molecule has 3 aromatic rings. The molecular formula is C26H20BrN3O2. The molecule has 3 aromatic carbocycles. The molecule has 1 N–H and O–H groups in total. The summed E-state index contributed by atoms with van der Waals surface area (Å²) in [5.41, 5.74) is 3.20. The average Bonchev–Trinajstić information content (AvgIpc) is 2.82. The fraction of sp³-hybridized carbons (Fsp3) is 0.115. The van der Waals surface area contributed by atoms with Crippen LogP contribution in [0.5, 0.6) is 5.75 Å². The summed E-state index contributed by atoms with van der Waals surface area (Å²) in [6, 6.07) is 26.5. The molecule has 6 heteroatoms. The third kappa shape index (κ3) is 6.31. The van der Waals surface area contributed by atoms with Gasteiger partial charge in [-0.15, -0.1) is 0 Å². The van der Waals surface area contributed by atoms with Gasteiger partial charge in [-0.2, -0.15) is 10.5 Å². The predicted molar refractivity (Wildman–Crippen MR) is 126 cm³/mol. The first-order chi connectivity index (χ1) is 15.6. The van der Waals surface area contributed by atoms with Crippen molar-refractivity contribution in [3.63, 3.8) is 0 Å². The Morgan fingerprint density at radius 3 is 2.50 bits per heavy atom. The van der Waals surface area contributed by atoms with Crippen LogP contribution in [0, 0.1) is 22.7 Å². The monoisotopic (exact) mass is 485 g/mol. The number of halogens is 1. The van der Waals surface area contributed by atoms with E-state index in [1.165, 1.54) is 6.08 Å². The number of carbonyl (C=O) groups excluding carboxylic acids is 1. The molecule has 0 heterocycles. The number of benzene rings is 3. The van der Waals surface area contributed by atoms with Crippen molar-refractivity contribution in [3.8, 4) is 17.9 Å². The minimum atomic E-state index is -0.409. The van der Waals surface area contributed by atoms with E-state index >= 15 is 0 Å². The van der Waals surface area contributed by atoms with E-state index < -0.39 is 5.91 Å². The van der Waals surface area contributed by atoms with Gasteiger partial charge in [0.15, 0.2) is 0 Å². The van der Waals surface area contributed by atoms with Crippen molar-refractivity contribution in [2.24, 2.45) is 0 Å². The summed E-state index contributed by atoms with van der Waals surface area (Å²) >= 11 is 3.47. The normalized spacial score (nSPS) is 10.7. The van der Waals surface area contributed by atoms with E-state index in [2.05, 4.69) is 27.3 Å². The molecule has 5 nitrogen and oxygen atoms in total. The van der Waals surface area contributed by atoms with Gasteiger partial charge in [-0.25, -0.2) is 0 Å². The highest BCUT2D eigenvalue weighted by Crippen LogP contribution is 2.28. The van der Waals surface area contributed by atoms with Gasteiger partial charge in [-0.05, 0) is 57.8 Å². The summed E-state index contributed by atoms with van der Waals surface area (Å²) in [7, 11) is 0. The molecule has 3 rings (SSSR count). The van der Waals surface area contributed by atoms with Gasteiger partial charge in [0.25, 0.3) is 5.91 Å². The van der Waals surface area contributed by atoms with Gasteiger partial charge in [0.05, 0.1) is 16.1 Å². The lowest BCUT2D eigenvalue weighted by atomic mass is 10.1. The molecule has 0 spiro atoms. The average molecular weight is 486 g/mol. The lowest BCUT2D eigenvalue weighted by Gasteiger charge is -2.10. The molecule has 0 aliphatic rings. The second kappa shape index (κ2) is 11.5. The van der Waals surface area contributed by atoms with Crippen molar-refractivity contribution in [2.75, 3.05) is 6.54 Å². The Morgan fingerprint density at radius 1 is 1.03 bits per heavy atom. The van der Waals surface area contributed by atoms with Crippen LogP contribution in [0.25, 0.3) is 6.08 Å². The number of amides is 1. The first-order valence-electron chi connectivity index (χ1n) is 9.95. The molecule has 158 valence electrons. The Bertz CT molecular complexity index is 1210. The van der Waals surface area contributed by atoms with E-state index in [1.807, 2.05) is 54.6 Å². The maximum atomic E-state index is 12.4. The molecule has 1 amide bonds. The molecule has 0 saturated heterocycles. The van der Waals surface area contributed by atoms with E-state index in [0.717, 1.165) is 11.1 Å². The minimum Gasteiger partial charge on any atom is -0.488 e. The van der Waals surface area contributed by atoms with Crippen LogP contribution in [0.15, 0.2) is 82.8 Å². The second-order valence-corrected chi connectivity index (χ2v) is 7.76. The van der Waals surface area contributed by atoms with Crippen LogP contribution in [0.2, 0.25) is 0 Å². The SMILES string of the molecule is N#C/C(=C\c1ccc(OCc2ccccc2C#N)c(Br)c1)C(=O)NCCc1ccccc1. The van der Waals surface area contributed by atoms with Crippen molar-refractivity contribution in [2.45, 2.75) is 13.0 Å². The third-order valence-corrected chi connectivity index (χ3v) is 5.31. The van der Waals surface area contributed by atoms with Crippen LogP contribution < -0.4 is 10.1 Å². The number of ether oxygens (including phenoxy) is 1. The summed E-state index contributed by atoms with van der Waals surface area (Å²) in [6.07, 6.45) is 2.23.